The fourth-order valence-electron chi connectivity index (χ4n) is 6.10. The van der Waals surface area contributed by atoms with Crippen LogP contribution in [0.2, 0.25) is 0 Å². The number of hydrogen-bond donors (Lipinski definition) is 0. The third kappa shape index (κ3) is 6.10. The number of nitrogens with zero attached hydrogens (tertiary/aromatic N) is 3. The maximum Gasteiger partial charge on any atom is 0.225 e. The second kappa shape index (κ2) is 12.0. The molecule has 5 rings (SSSR count). The molecule has 2 aromatic carbocycles. The highest BCUT2D eigenvalue weighted by molar-refractivity contribution is 5.80. The van der Waals surface area contributed by atoms with Crippen LogP contribution in [0.15, 0.2) is 54.6 Å². The number of hydrogen-bond acceptors (Lipinski definition) is 4. The smallest absolute Gasteiger partial charge is 0.225 e. The maximum absolute atomic E-state index is 13.8. The molecule has 0 bridgehead atoms. The number of amides is 2. The molecule has 0 aromatic heterocycles. The van der Waals surface area contributed by atoms with Crippen molar-refractivity contribution in [3.63, 3.8) is 0 Å². The highest BCUT2D eigenvalue weighted by Crippen LogP contribution is 2.37. The Bertz CT molecular complexity index is 1080. The molecule has 38 heavy (non-hydrogen) atoms. The number of likely N-dealkylation sites (tertiary alicyclic amines) is 1. The van der Waals surface area contributed by atoms with Gasteiger partial charge in [0.2, 0.25) is 11.8 Å². The highest BCUT2D eigenvalue weighted by Gasteiger charge is 2.42. The van der Waals surface area contributed by atoms with Gasteiger partial charge in [0, 0.05) is 38.5 Å². The Hall–Kier alpha value is -2.77. The zero-order valence-electron chi connectivity index (χ0n) is 22.5. The lowest BCUT2D eigenvalue weighted by atomic mass is 9.82. The van der Waals surface area contributed by atoms with E-state index in [1.807, 2.05) is 35.0 Å². The molecule has 204 valence electrons. The first-order valence-corrected chi connectivity index (χ1v) is 14.1. The number of morpholine rings is 1. The molecular weight excluding hydrogens is 481 g/mol. The minimum absolute atomic E-state index is 0.0486. The largest absolute Gasteiger partial charge is 0.367 e. The lowest BCUT2D eigenvalue weighted by molar-refractivity contribution is -0.161. The van der Waals surface area contributed by atoms with Crippen LogP contribution in [-0.2, 0) is 26.5 Å². The number of carbonyl (C=O) groups is 2. The molecule has 7 heteroatoms. The van der Waals surface area contributed by atoms with Gasteiger partial charge >= 0.3 is 0 Å². The van der Waals surface area contributed by atoms with Crippen LogP contribution in [0.5, 0.6) is 0 Å². The van der Waals surface area contributed by atoms with Crippen molar-refractivity contribution in [2.45, 2.75) is 50.7 Å². The summed E-state index contributed by atoms with van der Waals surface area (Å²) < 4.78 is 20.2. The normalized spacial score (nSPS) is 23.2. The fraction of sp³-hybridized carbons (Fsp3) is 0.548. The summed E-state index contributed by atoms with van der Waals surface area (Å²) in [7, 11) is 1.89. The molecule has 1 saturated carbocycles. The third-order valence-corrected chi connectivity index (χ3v) is 8.73. The molecule has 2 heterocycles. The summed E-state index contributed by atoms with van der Waals surface area (Å²) in [6.07, 6.45) is 5.50. The molecule has 0 spiro atoms. The molecule has 6 nitrogen and oxygen atoms in total. The summed E-state index contributed by atoms with van der Waals surface area (Å²) in [6, 6.07) is 16.7. The van der Waals surface area contributed by atoms with Crippen molar-refractivity contribution in [1.29, 1.82) is 0 Å². The Morgan fingerprint density at radius 2 is 1.68 bits per heavy atom. The summed E-state index contributed by atoms with van der Waals surface area (Å²) in [5.41, 5.74) is 1.43. The fourth-order valence-corrected chi connectivity index (χ4v) is 6.10. The van der Waals surface area contributed by atoms with Gasteiger partial charge in [0.25, 0.3) is 0 Å². The van der Waals surface area contributed by atoms with E-state index in [1.165, 1.54) is 12.1 Å². The minimum Gasteiger partial charge on any atom is -0.367 e. The molecule has 1 aliphatic carbocycles. The first-order valence-electron chi connectivity index (χ1n) is 14.1. The molecule has 2 amide bonds. The number of benzene rings is 2. The van der Waals surface area contributed by atoms with Crippen LogP contribution in [0.1, 0.15) is 49.7 Å². The van der Waals surface area contributed by atoms with E-state index in [-0.39, 0.29) is 29.5 Å². The van der Waals surface area contributed by atoms with Crippen molar-refractivity contribution in [1.82, 2.24) is 14.7 Å². The van der Waals surface area contributed by atoms with Crippen LogP contribution in [-0.4, -0.2) is 72.9 Å². The molecule has 3 fully saturated rings. The van der Waals surface area contributed by atoms with E-state index in [0.29, 0.717) is 26.2 Å². The van der Waals surface area contributed by atoms with E-state index < -0.39 is 5.60 Å². The van der Waals surface area contributed by atoms with Crippen molar-refractivity contribution in [2.24, 2.45) is 11.8 Å². The van der Waals surface area contributed by atoms with Gasteiger partial charge in [-0.2, -0.15) is 0 Å². The number of ether oxygens (including phenoxy) is 1. The SMILES string of the molecule is CN(Cc1ccccc1)C(=O)C1CCN(CC[C@@]2(c3ccc(F)cc3)CN(C(=O)C3CCC3)CCO2)CC1. The van der Waals surface area contributed by atoms with Crippen LogP contribution in [0.4, 0.5) is 4.39 Å². The van der Waals surface area contributed by atoms with E-state index in [1.54, 1.807) is 12.1 Å². The van der Waals surface area contributed by atoms with Crippen molar-refractivity contribution >= 4 is 11.8 Å². The Morgan fingerprint density at radius 1 is 0.974 bits per heavy atom. The molecule has 0 unspecified atom stereocenters. The average Bonchev–Trinajstić information content (AvgIpc) is 2.92. The summed E-state index contributed by atoms with van der Waals surface area (Å²) in [5, 5.41) is 0. The van der Waals surface area contributed by atoms with Gasteiger partial charge in [-0.1, -0.05) is 48.9 Å². The number of rotatable bonds is 8. The molecule has 2 aliphatic heterocycles. The van der Waals surface area contributed by atoms with Gasteiger partial charge in [-0.3, -0.25) is 9.59 Å². The van der Waals surface area contributed by atoms with E-state index >= 15 is 0 Å². The quantitative estimate of drug-likeness (QED) is 0.516. The lowest BCUT2D eigenvalue weighted by Gasteiger charge is -2.46. The zero-order chi connectivity index (χ0) is 26.5. The average molecular weight is 522 g/mol. The Morgan fingerprint density at radius 3 is 2.34 bits per heavy atom. The van der Waals surface area contributed by atoms with E-state index in [4.69, 9.17) is 4.74 Å². The predicted molar refractivity (Wildman–Crippen MR) is 145 cm³/mol. The number of piperidine rings is 1. The monoisotopic (exact) mass is 521 g/mol. The molecule has 2 aromatic rings. The summed E-state index contributed by atoms with van der Waals surface area (Å²) in [6.45, 7) is 4.77. The van der Waals surface area contributed by atoms with Crippen molar-refractivity contribution in [3.8, 4) is 0 Å². The number of carbonyl (C=O) groups excluding carboxylic acids is 2. The van der Waals surface area contributed by atoms with Crippen molar-refractivity contribution in [3.05, 3.63) is 71.5 Å². The third-order valence-electron chi connectivity index (χ3n) is 8.73. The second-order valence-electron chi connectivity index (χ2n) is 11.3. The molecule has 1 atom stereocenters. The molecule has 2 saturated heterocycles. The summed E-state index contributed by atoms with van der Waals surface area (Å²) >= 11 is 0. The lowest BCUT2D eigenvalue weighted by Crippen LogP contribution is -2.55. The van der Waals surface area contributed by atoms with Gasteiger partial charge in [0.1, 0.15) is 11.4 Å². The van der Waals surface area contributed by atoms with E-state index in [0.717, 1.165) is 69.3 Å². The second-order valence-corrected chi connectivity index (χ2v) is 11.3. The molecule has 0 N–H and O–H groups in total. The zero-order valence-corrected chi connectivity index (χ0v) is 22.5. The Labute approximate surface area is 225 Å². The van der Waals surface area contributed by atoms with Crippen LogP contribution < -0.4 is 0 Å². The highest BCUT2D eigenvalue weighted by atomic mass is 19.1. The Kier molecular flexibility index (Phi) is 8.44. The van der Waals surface area contributed by atoms with Gasteiger partial charge in [0.15, 0.2) is 0 Å². The maximum atomic E-state index is 13.8. The van der Waals surface area contributed by atoms with Crippen molar-refractivity contribution in [2.75, 3.05) is 46.4 Å². The summed E-state index contributed by atoms with van der Waals surface area (Å²) in [5.74, 6) is 0.385. The summed E-state index contributed by atoms with van der Waals surface area (Å²) in [4.78, 5) is 32.4. The van der Waals surface area contributed by atoms with Gasteiger partial charge in [-0.25, -0.2) is 4.39 Å². The standard InChI is InChI=1S/C31H40FN3O3/c1-33(22-24-6-3-2-4-7-24)29(36)26-14-17-34(18-15-26)19-16-31(27-10-12-28(32)13-11-27)23-35(20-21-38-31)30(37)25-8-5-9-25/h2-4,6-7,10-13,25-26H,5,8-9,14-23H2,1H3/t31-/m0/s1. The van der Waals surface area contributed by atoms with Gasteiger partial charge < -0.3 is 19.4 Å². The van der Waals surface area contributed by atoms with Gasteiger partial charge in [-0.05, 0) is 68.5 Å². The number of halogens is 1. The Balaban J connectivity index is 1.19. The molecular formula is C31H40FN3O3. The first kappa shape index (κ1) is 26.8. The van der Waals surface area contributed by atoms with Crippen LogP contribution in [0.3, 0.4) is 0 Å². The molecule has 3 aliphatic rings. The van der Waals surface area contributed by atoms with E-state index in [9.17, 15) is 14.0 Å². The van der Waals surface area contributed by atoms with Gasteiger partial charge in [0.05, 0.1) is 13.2 Å². The first-order chi connectivity index (χ1) is 18.4. The van der Waals surface area contributed by atoms with Crippen LogP contribution in [0, 0.1) is 17.7 Å². The molecule has 0 radical (unpaired) electrons. The van der Waals surface area contributed by atoms with Crippen LogP contribution >= 0.6 is 0 Å². The van der Waals surface area contributed by atoms with Gasteiger partial charge in [-0.15, -0.1) is 0 Å². The van der Waals surface area contributed by atoms with Crippen LogP contribution in [0.25, 0.3) is 0 Å². The van der Waals surface area contributed by atoms with Crippen molar-refractivity contribution < 1.29 is 18.7 Å². The predicted octanol–water partition coefficient (Wildman–Crippen LogP) is 4.44. The van der Waals surface area contributed by atoms with E-state index in [2.05, 4.69) is 17.0 Å². The topological polar surface area (TPSA) is 53.1 Å². The minimum atomic E-state index is -0.645.